The van der Waals surface area contributed by atoms with E-state index in [1.807, 2.05) is 11.8 Å². The van der Waals surface area contributed by atoms with Gasteiger partial charge in [-0.1, -0.05) is 0 Å². The molecule has 1 aliphatic heterocycles. The van der Waals surface area contributed by atoms with Crippen LogP contribution in [-0.2, 0) is 0 Å². The molecule has 2 rings (SSSR count). The number of nitrogens with one attached hydrogen (secondary N) is 1. The van der Waals surface area contributed by atoms with Crippen molar-refractivity contribution in [1.82, 2.24) is 10.2 Å². The highest BCUT2D eigenvalue weighted by Crippen LogP contribution is 2.11. The van der Waals surface area contributed by atoms with Crippen LogP contribution in [0.25, 0.3) is 0 Å². The Balaban J connectivity index is 2.12. The van der Waals surface area contributed by atoms with E-state index in [1.165, 1.54) is 24.3 Å². The molecule has 1 aromatic carbocycles. The highest BCUT2D eigenvalue weighted by molar-refractivity contribution is 5.94. The van der Waals surface area contributed by atoms with E-state index in [2.05, 4.69) is 5.32 Å². The minimum Gasteiger partial charge on any atom is -0.333 e. The van der Waals surface area contributed by atoms with Crippen molar-refractivity contribution in [1.29, 1.82) is 0 Å². The van der Waals surface area contributed by atoms with Crippen molar-refractivity contribution in [2.75, 3.05) is 19.6 Å². The lowest BCUT2D eigenvalue weighted by Crippen LogP contribution is -2.58. The standard InChI is InChI=1S/C12H15FN2O/c1-2-15(11-7-14-8-11)12(16)9-3-5-10(13)6-4-9/h3-6,11,14H,2,7-8H2,1H3. The Morgan fingerprint density at radius 3 is 2.50 bits per heavy atom. The number of halogens is 1. The number of carbonyl (C=O) groups is 1. The molecule has 4 heteroatoms. The van der Waals surface area contributed by atoms with Crippen LogP contribution in [0.15, 0.2) is 24.3 Å². The molecule has 1 aliphatic rings. The molecule has 16 heavy (non-hydrogen) atoms. The molecule has 0 aromatic heterocycles. The average Bonchev–Trinajstić information content (AvgIpc) is 2.23. The fraction of sp³-hybridized carbons (Fsp3) is 0.417. The summed E-state index contributed by atoms with van der Waals surface area (Å²) in [6.07, 6.45) is 0. The van der Waals surface area contributed by atoms with Gasteiger partial charge in [-0.2, -0.15) is 0 Å². The van der Waals surface area contributed by atoms with Gasteiger partial charge in [0.1, 0.15) is 5.82 Å². The summed E-state index contributed by atoms with van der Waals surface area (Å²) in [6.45, 7) is 4.34. The third kappa shape index (κ3) is 2.07. The topological polar surface area (TPSA) is 32.3 Å². The molecule has 1 N–H and O–H groups in total. The number of likely N-dealkylation sites (N-methyl/N-ethyl adjacent to an activating group) is 1. The Hall–Kier alpha value is -1.42. The zero-order chi connectivity index (χ0) is 11.5. The Morgan fingerprint density at radius 1 is 1.44 bits per heavy atom. The monoisotopic (exact) mass is 222 g/mol. The summed E-state index contributed by atoms with van der Waals surface area (Å²) < 4.78 is 12.7. The van der Waals surface area contributed by atoms with Crippen LogP contribution in [0.5, 0.6) is 0 Å². The van der Waals surface area contributed by atoms with Gasteiger partial charge in [-0.25, -0.2) is 4.39 Å². The summed E-state index contributed by atoms with van der Waals surface area (Å²) >= 11 is 0. The summed E-state index contributed by atoms with van der Waals surface area (Å²) in [5.41, 5.74) is 0.551. The van der Waals surface area contributed by atoms with E-state index in [4.69, 9.17) is 0 Å². The molecule has 1 heterocycles. The second-order valence-corrected chi connectivity index (χ2v) is 3.91. The fourth-order valence-corrected chi connectivity index (χ4v) is 1.82. The number of carbonyl (C=O) groups excluding carboxylic acids is 1. The first-order valence-corrected chi connectivity index (χ1v) is 5.49. The van der Waals surface area contributed by atoms with E-state index in [-0.39, 0.29) is 17.8 Å². The normalized spacial score (nSPS) is 15.6. The highest BCUT2D eigenvalue weighted by atomic mass is 19.1. The van der Waals surface area contributed by atoms with Gasteiger partial charge >= 0.3 is 0 Å². The minimum absolute atomic E-state index is 0.0194. The van der Waals surface area contributed by atoms with Crippen molar-refractivity contribution in [2.45, 2.75) is 13.0 Å². The van der Waals surface area contributed by atoms with E-state index < -0.39 is 0 Å². The van der Waals surface area contributed by atoms with Gasteiger partial charge in [-0.05, 0) is 31.2 Å². The number of benzene rings is 1. The summed E-state index contributed by atoms with van der Waals surface area (Å²) in [7, 11) is 0. The maximum Gasteiger partial charge on any atom is 0.254 e. The lowest BCUT2D eigenvalue weighted by Gasteiger charge is -2.37. The van der Waals surface area contributed by atoms with Crippen LogP contribution in [0.2, 0.25) is 0 Å². The van der Waals surface area contributed by atoms with Gasteiger partial charge in [-0.15, -0.1) is 0 Å². The quantitative estimate of drug-likeness (QED) is 0.835. The third-order valence-electron chi connectivity index (χ3n) is 2.89. The smallest absolute Gasteiger partial charge is 0.254 e. The SMILES string of the molecule is CCN(C(=O)c1ccc(F)cc1)C1CNC1. The van der Waals surface area contributed by atoms with E-state index in [9.17, 15) is 9.18 Å². The minimum atomic E-state index is -0.315. The summed E-state index contributed by atoms with van der Waals surface area (Å²) in [6, 6.07) is 5.99. The molecule has 3 nitrogen and oxygen atoms in total. The number of hydrogen-bond donors (Lipinski definition) is 1. The van der Waals surface area contributed by atoms with Gasteiger partial charge in [0, 0.05) is 25.2 Å². The van der Waals surface area contributed by atoms with Crippen LogP contribution in [-0.4, -0.2) is 36.5 Å². The van der Waals surface area contributed by atoms with Crippen LogP contribution in [0, 0.1) is 5.82 Å². The third-order valence-corrected chi connectivity index (χ3v) is 2.89. The van der Waals surface area contributed by atoms with E-state index in [0.717, 1.165) is 13.1 Å². The summed E-state index contributed by atoms with van der Waals surface area (Å²) in [4.78, 5) is 13.9. The van der Waals surface area contributed by atoms with Gasteiger partial charge in [0.15, 0.2) is 0 Å². The van der Waals surface area contributed by atoms with Crippen molar-refractivity contribution < 1.29 is 9.18 Å². The first-order valence-electron chi connectivity index (χ1n) is 5.49. The van der Waals surface area contributed by atoms with E-state index in [0.29, 0.717) is 12.1 Å². The number of hydrogen-bond acceptors (Lipinski definition) is 2. The molecular formula is C12H15FN2O. The van der Waals surface area contributed by atoms with Gasteiger partial charge in [0.25, 0.3) is 5.91 Å². The molecule has 86 valence electrons. The molecule has 0 unspecified atom stereocenters. The molecule has 0 spiro atoms. The summed E-state index contributed by atoms with van der Waals surface area (Å²) in [5, 5.41) is 3.14. The van der Waals surface area contributed by atoms with Crippen molar-refractivity contribution in [2.24, 2.45) is 0 Å². The zero-order valence-electron chi connectivity index (χ0n) is 9.24. The molecule has 0 saturated carbocycles. The molecule has 0 radical (unpaired) electrons. The van der Waals surface area contributed by atoms with Crippen LogP contribution in [0.1, 0.15) is 17.3 Å². The van der Waals surface area contributed by atoms with Crippen molar-refractivity contribution in [3.8, 4) is 0 Å². The van der Waals surface area contributed by atoms with Crippen molar-refractivity contribution in [3.63, 3.8) is 0 Å². The number of nitrogens with zero attached hydrogens (tertiary/aromatic N) is 1. The lowest BCUT2D eigenvalue weighted by atomic mass is 10.1. The largest absolute Gasteiger partial charge is 0.333 e. The molecule has 1 saturated heterocycles. The molecule has 1 fully saturated rings. The van der Waals surface area contributed by atoms with Crippen LogP contribution < -0.4 is 5.32 Å². The molecule has 1 amide bonds. The molecular weight excluding hydrogens is 207 g/mol. The molecule has 0 atom stereocenters. The first kappa shape index (κ1) is 11.1. The van der Waals surface area contributed by atoms with Crippen LogP contribution in [0.4, 0.5) is 4.39 Å². The lowest BCUT2D eigenvalue weighted by molar-refractivity contribution is 0.0630. The Morgan fingerprint density at radius 2 is 2.06 bits per heavy atom. The number of amides is 1. The molecule has 1 aromatic rings. The van der Waals surface area contributed by atoms with Crippen LogP contribution >= 0.6 is 0 Å². The fourth-order valence-electron chi connectivity index (χ4n) is 1.82. The second kappa shape index (κ2) is 4.61. The van der Waals surface area contributed by atoms with E-state index in [1.54, 1.807) is 0 Å². The zero-order valence-corrected chi connectivity index (χ0v) is 9.24. The second-order valence-electron chi connectivity index (χ2n) is 3.91. The van der Waals surface area contributed by atoms with Gasteiger partial charge in [0.05, 0.1) is 6.04 Å². The van der Waals surface area contributed by atoms with E-state index >= 15 is 0 Å². The predicted molar refractivity (Wildman–Crippen MR) is 59.8 cm³/mol. The Kier molecular flexibility index (Phi) is 3.19. The van der Waals surface area contributed by atoms with Crippen LogP contribution in [0.3, 0.4) is 0 Å². The molecule has 0 bridgehead atoms. The Bertz CT molecular complexity index is 373. The average molecular weight is 222 g/mol. The number of rotatable bonds is 3. The van der Waals surface area contributed by atoms with Gasteiger partial charge in [0.2, 0.25) is 0 Å². The van der Waals surface area contributed by atoms with Crippen molar-refractivity contribution in [3.05, 3.63) is 35.6 Å². The maximum atomic E-state index is 12.7. The molecule has 0 aliphatic carbocycles. The van der Waals surface area contributed by atoms with Gasteiger partial charge in [-0.3, -0.25) is 4.79 Å². The first-order chi connectivity index (χ1) is 7.72. The highest BCUT2D eigenvalue weighted by Gasteiger charge is 2.27. The summed E-state index contributed by atoms with van der Waals surface area (Å²) in [5.74, 6) is -0.334. The van der Waals surface area contributed by atoms with Gasteiger partial charge < -0.3 is 10.2 Å². The predicted octanol–water partition coefficient (Wildman–Crippen LogP) is 1.26. The Labute approximate surface area is 94.3 Å². The maximum absolute atomic E-state index is 12.7. The van der Waals surface area contributed by atoms with Crippen molar-refractivity contribution >= 4 is 5.91 Å².